The molecule has 0 atom stereocenters. The minimum Gasteiger partial charge on any atom is -0.395 e. The van der Waals surface area contributed by atoms with Gasteiger partial charge in [-0.3, -0.25) is 9.69 Å². The number of aromatic nitrogens is 1. The summed E-state index contributed by atoms with van der Waals surface area (Å²) in [6, 6.07) is 4.36. The van der Waals surface area contributed by atoms with Gasteiger partial charge >= 0.3 is 0 Å². The first-order valence-electron chi connectivity index (χ1n) is 8.62. The van der Waals surface area contributed by atoms with Gasteiger partial charge in [-0.25, -0.2) is 4.98 Å². The Balaban J connectivity index is 1.51. The highest BCUT2D eigenvalue weighted by Gasteiger charge is 2.29. The number of carbonyl (C=O) groups is 1. The zero-order valence-corrected chi connectivity index (χ0v) is 13.6. The van der Waals surface area contributed by atoms with E-state index in [0.29, 0.717) is 19.1 Å². The first-order valence-corrected chi connectivity index (χ1v) is 8.62. The Hall–Kier alpha value is -1.66. The van der Waals surface area contributed by atoms with Crippen LogP contribution in [0, 0.1) is 0 Å². The fourth-order valence-corrected chi connectivity index (χ4v) is 3.11. The lowest BCUT2D eigenvalue weighted by Crippen LogP contribution is -2.36. The van der Waals surface area contributed by atoms with Crippen LogP contribution in [-0.2, 0) is 4.79 Å². The van der Waals surface area contributed by atoms with Gasteiger partial charge in [0.2, 0.25) is 5.91 Å². The lowest BCUT2D eigenvalue weighted by atomic mass is 10.1. The Bertz CT molecular complexity index is 510. The van der Waals surface area contributed by atoms with Crippen LogP contribution in [0.5, 0.6) is 0 Å². The highest BCUT2D eigenvalue weighted by molar-refractivity contribution is 5.92. The molecular weight excluding hydrogens is 292 g/mol. The maximum absolute atomic E-state index is 12.1. The zero-order chi connectivity index (χ0) is 16.1. The summed E-state index contributed by atoms with van der Waals surface area (Å²) < 4.78 is 0. The van der Waals surface area contributed by atoms with E-state index in [4.69, 9.17) is 5.11 Å². The summed E-state index contributed by atoms with van der Waals surface area (Å²) in [7, 11) is 0. The van der Waals surface area contributed by atoms with E-state index in [-0.39, 0.29) is 12.5 Å². The van der Waals surface area contributed by atoms with Crippen molar-refractivity contribution in [3.8, 4) is 0 Å². The number of anilines is 2. The molecule has 2 N–H and O–H groups in total. The van der Waals surface area contributed by atoms with Crippen molar-refractivity contribution in [3.63, 3.8) is 0 Å². The number of nitrogens with zero attached hydrogens (tertiary/aromatic N) is 3. The van der Waals surface area contributed by atoms with Crippen molar-refractivity contribution in [3.05, 3.63) is 18.3 Å². The molecular formula is C17H26N4O2. The predicted octanol–water partition coefficient (Wildman–Crippen LogP) is 1.47. The predicted molar refractivity (Wildman–Crippen MR) is 90.6 cm³/mol. The van der Waals surface area contributed by atoms with Gasteiger partial charge in [0.15, 0.2) is 0 Å². The largest absolute Gasteiger partial charge is 0.395 e. The smallest absolute Gasteiger partial charge is 0.238 e. The second-order valence-electron chi connectivity index (χ2n) is 6.43. The molecule has 6 heteroatoms. The van der Waals surface area contributed by atoms with Gasteiger partial charge in [-0.1, -0.05) is 0 Å². The van der Waals surface area contributed by atoms with Crippen molar-refractivity contribution in [2.24, 2.45) is 0 Å². The number of hydrogen-bond donors (Lipinski definition) is 2. The number of carbonyl (C=O) groups excluding carboxylic acids is 1. The van der Waals surface area contributed by atoms with Crippen LogP contribution in [0.3, 0.4) is 0 Å². The summed E-state index contributed by atoms with van der Waals surface area (Å²) in [6.45, 7) is 3.12. The molecule has 23 heavy (non-hydrogen) atoms. The molecule has 126 valence electrons. The zero-order valence-electron chi connectivity index (χ0n) is 13.6. The maximum atomic E-state index is 12.1. The Labute approximate surface area is 137 Å². The van der Waals surface area contributed by atoms with E-state index in [1.807, 2.05) is 17.0 Å². The molecule has 1 aromatic heterocycles. The minimum atomic E-state index is -0.0436. The van der Waals surface area contributed by atoms with Crippen molar-refractivity contribution in [2.45, 2.75) is 38.1 Å². The molecule has 2 fully saturated rings. The SMILES string of the molecule is O=C(CN(CCO)C1CC1)Nc1ccc(N2CCCCC2)nc1. The quantitative estimate of drug-likeness (QED) is 0.797. The molecule has 1 saturated carbocycles. The van der Waals surface area contributed by atoms with Crippen LogP contribution < -0.4 is 10.2 Å². The van der Waals surface area contributed by atoms with Crippen LogP contribution in [0.1, 0.15) is 32.1 Å². The monoisotopic (exact) mass is 318 g/mol. The Morgan fingerprint density at radius 1 is 1.30 bits per heavy atom. The Kier molecular flexibility index (Phi) is 5.46. The molecule has 0 unspecified atom stereocenters. The van der Waals surface area contributed by atoms with Gasteiger partial charge in [0.25, 0.3) is 0 Å². The highest BCUT2D eigenvalue weighted by atomic mass is 16.3. The van der Waals surface area contributed by atoms with Gasteiger partial charge in [-0.05, 0) is 44.2 Å². The lowest BCUT2D eigenvalue weighted by Gasteiger charge is -2.27. The number of aliphatic hydroxyl groups is 1. The third-order valence-corrected chi connectivity index (χ3v) is 4.51. The maximum Gasteiger partial charge on any atom is 0.238 e. The van der Waals surface area contributed by atoms with E-state index in [9.17, 15) is 4.79 Å². The van der Waals surface area contributed by atoms with Gasteiger partial charge in [0.05, 0.1) is 25.0 Å². The van der Waals surface area contributed by atoms with E-state index < -0.39 is 0 Å². The second kappa shape index (κ2) is 7.75. The average molecular weight is 318 g/mol. The van der Waals surface area contributed by atoms with Crippen molar-refractivity contribution in [1.29, 1.82) is 0 Å². The normalized spacial score (nSPS) is 18.3. The van der Waals surface area contributed by atoms with Crippen LogP contribution in [0.4, 0.5) is 11.5 Å². The Morgan fingerprint density at radius 3 is 2.70 bits per heavy atom. The van der Waals surface area contributed by atoms with Gasteiger partial charge < -0.3 is 15.3 Å². The number of hydrogen-bond acceptors (Lipinski definition) is 5. The first-order chi connectivity index (χ1) is 11.3. The van der Waals surface area contributed by atoms with Gasteiger partial charge in [0, 0.05) is 25.7 Å². The average Bonchev–Trinajstić information content (AvgIpc) is 3.41. The van der Waals surface area contributed by atoms with Gasteiger partial charge in [-0.2, -0.15) is 0 Å². The molecule has 1 saturated heterocycles. The van der Waals surface area contributed by atoms with Crippen molar-refractivity contribution >= 4 is 17.4 Å². The third-order valence-electron chi connectivity index (χ3n) is 4.51. The van der Waals surface area contributed by atoms with Crippen LogP contribution >= 0.6 is 0 Å². The number of amides is 1. The van der Waals surface area contributed by atoms with Crippen molar-refractivity contribution < 1.29 is 9.90 Å². The summed E-state index contributed by atoms with van der Waals surface area (Å²) in [5.74, 6) is 0.945. The third kappa shape index (κ3) is 4.65. The van der Waals surface area contributed by atoms with E-state index in [1.165, 1.54) is 19.3 Å². The van der Waals surface area contributed by atoms with Crippen LogP contribution in [-0.4, -0.2) is 59.7 Å². The molecule has 0 spiro atoms. The molecule has 0 bridgehead atoms. The van der Waals surface area contributed by atoms with Crippen LogP contribution in [0.15, 0.2) is 18.3 Å². The van der Waals surface area contributed by atoms with E-state index in [2.05, 4.69) is 15.2 Å². The molecule has 3 rings (SSSR count). The first kappa shape index (κ1) is 16.2. The van der Waals surface area contributed by atoms with Gasteiger partial charge in [-0.15, -0.1) is 0 Å². The minimum absolute atomic E-state index is 0.0436. The lowest BCUT2D eigenvalue weighted by molar-refractivity contribution is -0.117. The molecule has 1 amide bonds. The van der Waals surface area contributed by atoms with Crippen LogP contribution in [0.2, 0.25) is 0 Å². The number of nitrogens with one attached hydrogen (secondary N) is 1. The molecule has 1 aliphatic carbocycles. The molecule has 0 radical (unpaired) electrons. The highest BCUT2D eigenvalue weighted by Crippen LogP contribution is 2.26. The molecule has 2 aliphatic rings. The summed E-state index contributed by atoms with van der Waals surface area (Å²) in [6.07, 6.45) is 7.73. The molecule has 6 nitrogen and oxygen atoms in total. The number of pyridine rings is 1. The van der Waals surface area contributed by atoms with E-state index in [1.54, 1.807) is 6.20 Å². The fraction of sp³-hybridized carbons (Fsp3) is 0.647. The Morgan fingerprint density at radius 2 is 2.09 bits per heavy atom. The standard InChI is InChI=1S/C17H26N4O2/c22-11-10-21(15-5-6-15)13-17(23)19-14-4-7-16(18-12-14)20-8-2-1-3-9-20/h4,7,12,15,22H,1-3,5-6,8-11,13H2,(H,19,23). The summed E-state index contributed by atoms with van der Waals surface area (Å²) in [5.41, 5.74) is 0.732. The topological polar surface area (TPSA) is 68.7 Å². The summed E-state index contributed by atoms with van der Waals surface area (Å²) >= 11 is 0. The van der Waals surface area contributed by atoms with E-state index >= 15 is 0 Å². The van der Waals surface area contributed by atoms with E-state index in [0.717, 1.165) is 37.4 Å². The van der Waals surface area contributed by atoms with Crippen molar-refractivity contribution in [2.75, 3.05) is 43.0 Å². The number of piperidine rings is 1. The molecule has 0 aromatic carbocycles. The summed E-state index contributed by atoms with van der Waals surface area (Å²) in [4.78, 5) is 21.0. The summed E-state index contributed by atoms with van der Waals surface area (Å²) in [5, 5.41) is 12.0. The number of aliphatic hydroxyl groups excluding tert-OH is 1. The number of rotatable bonds is 7. The molecule has 1 aliphatic heterocycles. The molecule has 1 aromatic rings. The second-order valence-corrected chi connectivity index (χ2v) is 6.43. The van der Waals surface area contributed by atoms with Crippen LogP contribution in [0.25, 0.3) is 0 Å². The fourth-order valence-electron chi connectivity index (χ4n) is 3.11. The van der Waals surface area contributed by atoms with Gasteiger partial charge in [0.1, 0.15) is 5.82 Å². The molecule has 2 heterocycles. The van der Waals surface area contributed by atoms with Crippen molar-refractivity contribution in [1.82, 2.24) is 9.88 Å².